The summed E-state index contributed by atoms with van der Waals surface area (Å²) in [6.07, 6.45) is 0.801. The summed E-state index contributed by atoms with van der Waals surface area (Å²) >= 11 is 0. The van der Waals surface area contributed by atoms with E-state index < -0.39 is 0 Å². The molecular formula is C23H25N5O3. The maximum Gasteiger partial charge on any atom is 0.352 e. The van der Waals surface area contributed by atoms with E-state index in [0.29, 0.717) is 16.5 Å². The van der Waals surface area contributed by atoms with E-state index >= 15 is 0 Å². The van der Waals surface area contributed by atoms with Crippen LogP contribution in [0, 0.1) is 6.92 Å². The lowest BCUT2D eigenvalue weighted by Gasteiger charge is -2.12. The Balaban J connectivity index is 1.91. The quantitative estimate of drug-likeness (QED) is 0.537. The van der Waals surface area contributed by atoms with Crippen LogP contribution in [0.1, 0.15) is 41.8 Å². The van der Waals surface area contributed by atoms with E-state index in [-0.39, 0.29) is 35.5 Å². The summed E-state index contributed by atoms with van der Waals surface area (Å²) in [5.41, 5.74) is 2.15. The number of nitrogens with zero attached hydrogens (tertiary/aromatic N) is 4. The first kappa shape index (κ1) is 20.6. The third kappa shape index (κ3) is 3.65. The van der Waals surface area contributed by atoms with Crippen LogP contribution in [0.3, 0.4) is 0 Å². The monoisotopic (exact) mass is 419 g/mol. The van der Waals surface area contributed by atoms with Crippen LogP contribution in [0.5, 0.6) is 0 Å². The molecule has 1 N–H and O–H groups in total. The zero-order valence-electron chi connectivity index (χ0n) is 18.0. The minimum Gasteiger partial charge on any atom is -0.350 e. The van der Waals surface area contributed by atoms with Gasteiger partial charge in [-0.1, -0.05) is 36.8 Å². The maximum absolute atomic E-state index is 13.2. The molecular weight excluding hydrogens is 394 g/mol. The number of amides is 1. The van der Waals surface area contributed by atoms with Gasteiger partial charge in [0.1, 0.15) is 0 Å². The number of nitrogens with one attached hydrogen (secondary N) is 1. The Hall–Kier alpha value is -3.68. The Bertz CT molecular complexity index is 1430. The first-order valence-electron chi connectivity index (χ1n) is 10.3. The molecule has 8 heteroatoms. The fourth-order valence-corrected chi connectivity index (χ4v) is 3.63. The van der Waals surface area contributed by atoms with Gasteiger partial charge in [0.05, 0.1) is 17.4 Å². The minimum atomic E-state index is -0.364. The largest absolute Gasteiger partial charge is 0.352 e. The Morgan fingerprint density at radius 3 is 2.65 bits per heavy atom. The number of hydrogen-bond donors (Lipinski definition) is 1. The van der Waals surface area contributed by atoms with Gasteiger partial charge in [-0.3, -0.25) is 14.2 Å². The van der Waals surface area contributed by atoms with Gasteiger partial charge in [0, 0.05) is 18.7 Å². The third-order valence-corrected chi connectivity index (χ3v) is 5.56. The second-order valence-corrected chi connectivity index (χ2v) is 7.94. The molecule has 1 unspecified atom stereocenters. The third-order valence-electron chi connectivity index (χ3n) is 5.56. The van der Waals surface area contributed by atoms with Crippen LogP contribution in [0.15, 0.2) is 52.1 Å². The molecule has 160 valence electrons. The van der Waals surface area contributed by atoms with Crippen LogP contribution in [-0.2, 0) is 13.6 Å². The summed E-state index contributed by atoms with van der Waals surface area (Å²) in [6.45, 7) is 6.18. The van der Waals surface area contributed by atoms with Gasteiger partial charge < -0.3 is 5.32 Å². The van der Waals surface area contributed by atoms with Crippen LogP contribution in [0.25, 0.3) is 16.7 Å². The second-order valence-electron chi connectivity index (χ2n) is 7.94. The van der Waals surface area contributed by atoms with Gasteiger partial charge in [0.15, 0.2) is 0 Å². The topological polar surface area (TPSA) is 90.4 Å². The Labute approximate surface area is 178 Å². The van der Waals surface area contributed by atoms with Crippen molar-refractivity contribution in [2.45, 2.75) is 39.8 Å². The van der Waals surface area contributed by atoms with Crippen LogP contribution >= 0.6 is 0 Å². The molecule has 0 aliphatic heterocycles. The van der Waals surface area contributed by atoms with Gasteiger partial charge in [-0.05, 0) is 44.0 Å². The molecule has 0 fully saturated rings. The highest BCUT2D eigenvalue weighted by Gasteiger charge is 2.18. The van der Waals surface area contributed by atoms with Crippen LogP contribution < -0.4 is 16.6 Å². The van der Waals surface area contributed by atoms with Gasteiger partial charge in [0.2, 0.25) is 5.78 Å². The van der Waals surface area contributed by atoms with Gasteiger partial charge >= 0.3 is 5.69 Å². The Morgan fingerprint density at radius 1 is 1.16 bits per heavy atom. The molecule has 0 bridgehead atoms. The molecule has 0 aliphatic carbocycles. The van der Waals surface area contributed by atoms with Gasteiger partial charge in [-0.2, -0.15) is 0 Å². The van der Waals surface area contributed by atoms with Gasteiger partial charge in [0.25, 0.3) is 11.5 Å². The summed E-state index contributed by atoms with van der Waals surface area (Å²) in [7, 11) is 1.59. The number of aryl methyl sites for hydroxylation is 2. The van der Waals surface area contributed by atoms with Crippen LogP contribution in [0.4, 0.5) is 0 Å². The summed E-state index contributed by atoms with van der Waals surface area (Å²) in [6, 6.07) is 12.6. The van der Waals surface area contributed by atoms with E-state index in [2.05, 4.69) is 10.4 Å². The van der Waals surface area contributed by atoms with E-state index in [9.17, 15) is 14.4 Å². The predicted molar refractivity (Wildman–Crippen MR) is 120 cm³/mol. The van der Waals surface area contributed by atoms with Gasteiger partial charge in [-0.25, -0.2) is 13.9 Å². The van der Waals surface area contributed by atoms with E-state index in [0.717, 1.165) is 17.5 Å². The predicted octanol–water partition coefficient (Wildman–Crippen LogP) is 2.23. The number of hydrogen-bond acceptors (Lipinski definition) is 4. The number of benzene rings is 2. The van der Waals surface area contributed by atoms with Crippen molar-refractivity contribution in [2.24, 2.45) is 7.05 Å². The number of aromatic nitrogens is 4. The molecule has 2 aromatic carbocycles. The Kier molecular flexibility index (Phi) is 5.22. The van der Waals surface area contributed by atoms with Crippen molar-refractivity contribution in [3.8, 4) is 0 Å². The number of carbonyl (C=O) groups is 1. The zero-order valence-corrected chi connectivity index (χ0v) is 18.0. The fraction of sp³-hybridized carbons (Fsp3) is 0.304. The highest BCUT2D eigenvalue weighted by atomic mass is 16.2. The zero-order chi connectivity index (χ0) is 22.3. The average molecular weight is 419 g/mol. The normalized spacial score (nSPS) is 12.4. The molecule has 31 heavy (non-hydrogen) atoms. The molecule has 0 radical (unpaired) electrons. The summed E-state index contributed by atoms with van der Waals surface area (Å²) in [4.78, 5) is 38.7. The lowest BCUT2D eigenvalue weighted by molar-refractivity contribution is 0.0939. The van der Waals surface area contributed by atoms with Crippen molar-refractivity contribution in [2.75, 3.05) is 0 Å². The smallest absolute Gasteiger partial charge is 0.350 e. The molecule has 2 aromatic heterocycles. The molecule has 4 aromatic rings. The van der Waals surface area contributed by atoms with E-state index in [1.807, 2.05) is 45.0 Å². The molecule has 0 saturated heterocycles. The lowest BCUT2D eigenvalue weighted by Crippen LogP contribution is -2.32. The minimum absolute atomic E-state index is 0.0201. The van der Waals surface area contributed by atoms with Crippen molar-refractivity contribution in [3.63, 3.8) is 0 Å². The Morgan fingerprint density at radius 2 is 1.94 bits per heavy atom. The molecule has 0 saturated carbocycles. The summed E-state index contributed by atoms with van der Waals surface area (Å²) < 4.78 is 4.09. The number of carbonyl (C=O) groups excluding carboxylic acids is 1. The summed E-state index contributed by atoms with van der Waals surface area (Å²) in [5.74, 6) is -0.0140. The van der Waals surface area contributed by atoms with E-state index in [1.54, 1.807) is 25.2 Å². The van der Waals surface area contributed by atoms with Gasteiger partial charge in [-0.15, -0.1) is 5.10 Å². The van der Waals surface area contributed by atoms with Crippen molar-refractivity contribution in [3.05, 3.63) is 80.0 Å². The van der Waals surface area contributed by atoms with Crippen molar-refractivity contribution in [1.82, 2.24) is 24.1 Å². The van der Waals surface area contributed by atoms with E-state index in [4.69, 9.17) is 0 Å². The van der Waals surface area contributed by atoms with Crippen molar-refractivity contribution in [1.29, 1.82) is 0 Å². The molecule has 2 heterocycles. The first-order valence-corrected chi connectivity index (χ1v) is 10.3. The van der Waals surface area contributed by atoms with Crippen molar-refractivity contribution >= 4 is 22.6 Å². The SMILES string of the molecule is CCC(C)NC(=O)c1ccc2c(=O)n(C)c3nn(Cc4cccc(C)c4)c(=O)n3c2c1. The number of fused-ring (bicyclic) bond motifs is 3. The molecule has 1 amide bonds. The lowest BCUT2D eigenvalue weighted by atomic mass is 10.1. The number of rotatable bonds is 5. The molecule has 8 nitrogen and oxygen atoms in total. The molecule has 4 rings (SSSR count). The summed E-state index contributed by atoms with van der Waals surface area (Å²) in [5, 5.41) is 7.68. The molecule has 0 spiro atoms. The standard InChI is InChI=1S/C23H25N5O3/c1-5-15(3)24-20(29)17-9-10-18-19(12-17)28-22(26(4)21(18)30)25-27(23(28)31)13-16-8-6-7-14(2)11-16/h6-12,15H,5,13H2,1-4H3,(H,24,29). The second kappa shape index (κ2) is 7.86. The van der Waals surface area contributed by atoms with E-state index in [1.165, 1.54) is 13.6 Å². The van der Waals surface area contributed by atoms with Crippen LogP contribution in [-0.4, -0.2) is 30.7 Å². The highest BCUT2D eigenvalue weighted by Crippen LogP contribution is 2.14. The molecule has 0 aliphatic rings. The molecule has 1 atom stereocenters. The fourth-order valence-electron chi connectivity index (χ4n) is 3.63. The van der Waals surface area contributed by atoms with Crippen molar-refractivity contribution < 1.29 is 4.79 Å². The highest BCUT2D eigenvalue weighted by molar-refractivity contribution is 5.98. The first-order chi connectivity index (χ1) is 14.8. The maximum atomic E-state index is 13.2. The van der Waals surface area contributed by atoms with Crippen LogP contribution in [0.2, 0.25) is 0 Å². The average Bonchev–Trinajstić information content (AvgIpc) is 3.07.